The molecule has 8 nitrogen and oxygen atoms in total. The zero-order valence-corrected chi connectivity index (χ0v) is 9.96. The number of fused-ring (bicyclic) bond motifs is 1. The summed E-state index contributed by atoms with van der Waals surface area (Å²) in [5, 5.41) is 8.57. The van der Waals surface area contributed by atoms with Crippen LogP contribution in [0.25, 0.3) is 0 Å². The van der Waals surface area contributed by atoms with Crippen molar-refractivity contribution >= 4 is 9.84 Å². The van der Waals surface area contributed by atoms with Crippen molar-refractivity contribution in [3.05, 3.63) is 10.1 Å². The largest absolute Gasteiger partial charge is 0.372 e. The van der Waals surface area contributed by atoms with Crippen molar-refractivity contribution in [3.8, 4) is 0 Å². The normalized spacial score (nSPS) is 36.8. The van der Waals surface area contributed by atoms with Gasteiger partial charge in [0.25, 0.3) is 5.09 Å². The van der Waals surface area contributed by atoms with Crippen LogP contribution in [-0.2, 0) is 24.1 Å². The molecular weight excluding hydrogens is 254 g/mol. The van der Waals surface area contributed by atoms with E-state index in [1.54, 1.807) is 6.92 Å². The van der Waals surface area contributed by atoms with Gasteiger partial charge in [0.1, 0.15) is 17.5 Å². The zero-order chi connectivity index (χ0) is 12.6. The van der Waals surface area contributed by atoms with Crippen LogP contribution in [0.3, 0.4) is 0 Å². The minimum atomic E-state index is -3.28. The van der Waals surface area contributed by atoms with Crippen LogP contribution < -0.4 is 0 Å². The summed E-state index contributed by atoms with van der Waals surface area (Å²) >= 11 is 0. The predicted octanol–water partition coefficient (Wildman–Crippen LogP) is -0.836. The predicted molar refractivity (Wildman–Crippen MR) is 54.6 cm³/mol. The maximum atomic E-state index is 11.7. The van der Waals surface area contributed by atoms with Gasteiger partial charge in [0.15, 0.2) is 15.9 Å². The van der Waals surface area contributed by atoms with Crippen LogP contribution in [0.5, 0.6) is 0 Å². The smallest absolute Gasteiger partial charge is 0.294 e. The van der Waals surface area contributed by atoms with Crippen molar-refractivity contribution < 1.29 is 27.8 Å². The molecule has 0 aromatic rings. The molecule has 4 unspecified atom stereocenters. The van der Waals surface area contributed by atoms with E-state index >= 15 is 0 Å². The molecule has 0 saturated carbocycles. The van der Waals surface area contributed by atoms with Crippen molar-refractivity contribution in [2.24, 2.45) is 0 Å². The van der Waals surface area contributed by atoms with Crippen LogP contribution in [0.1, 0.15) is 6.92 Å². The number of sulfone groups is 1. The maximum absolute atomic E-state index is 11.7. The Bertz CT molecular complexity index is 408. The Labute approximate surface area is 97.9 Å². The van der Waals surface area contributed by atoms with E-state index in [1.165, 1.54) is 0 Å². The van der Waals surface area contributed by atoms with Crippen molar-refractivity contribution in [2.75, 3.05) is 19.0 Å². The van der Waals surface area contributed by atoms with Gasteiger partial charge in [-0.05, 0) is 0 Å². The van der Waals surface area contributed by atoms with Crippen LogP contribution in [-0.4, -0.2) is 56.0 Å². The molecular formula is C8H13NO7S. The average molecular weight is 267 g/mol. The minimum absolute atomic E-state index is 0.00306. The average Bonchev–Trinajstić information content (AvgIpc) is 2.80. The molecule has 0 N–H and O–H groups in total. The van der Waals surface area contributed by atoms with Crippen LogP contribution in [0.4, 0.5) is 0 Å². The zero-order valence-electron chi connectivity index (χ0n) is 9.14. The van der Waals surface area contributed by atoms with Gasteiger partial charge in [0.2, 0.25) is 0 Å². The molecule has 0 spiro atoms. The fraction of sp³-hybridized carbons (Fsp3) is 1.00. The molecule has 2 aliphatic rings. The standard InChI is InChI=1S/C8H13NO7S/c1-2-17(12,13)6-4-15-7-5(16-9(10)11)3-14-8(6)7/h5-8H,2-4H2,1H3. The molecule has 0 aliphatic carbocycles. The summed E-state index contributed by atoms with van der Waals surface area (Å²) in [7, 11) is -3.28. The van der Waals surface area contributed by atoms with Gasteiger partial charge >= 0.3 is 0 Å². The van der Waals surface area contributed by atoms with Crippen molar-refractivity contribution in [2.45, 2.75) is 30.5 Å². The van der Waals surface area contributed by atoms with Crippen LogP contribution in [0.2, 0.25) is 0 Å². The third-order valence-corrected chi connectivity index (χ3v) is 5.18. The van der Waals surface area contributed by atoms with Crippen molar-refractivity contribution in [3.63, 3.8) is 0 Å². The van der Waals surface area contributed by atoms with Gasteiger partial charge in [-0.15, -0.1) is 10.1 Å². The highest BCUT2D eigenvalue weighted by Crippen LogP contribution is 2.32. The van der Waals surface area contributed by atoms with E-state index < -0.39 is 38.5 Å². The van der Waals surface area contributed by atoms with Gasteiger partial charge in [-0.2, -0.15) is 0 Å². The lowest BCUT2D eigenvalue weighted by atomic mass is 10.1. The number of rotatable bonds is 4. The summed E-state index contributed by atoms with van der Waals surface area (Å²) in [5.74, 6) is -0.00559. The van der Waals surface area contributed by atoms with Gasteiger partial charge in [-0.25, -0.2) is 8.42 Å². The Morgan fingerprint density at radius 3 is 2.59 bits per heavy atom. The first-order valence-electron chi connectivity index (χ1n) is 5.21. The monoisotopic (exact) mass is 267 g/mol. The van der Waals surface area contributed by atoms with Gasteiger partial charge in [-0.1, -0.05) is 6.92 Å². The molecule has 2 rings (SSSR count). The fourth-order valence-corrected chi connectivity index (χ4v) is 3.51. The number of nitrogens with zero attached hydrogens (tertiary/aromatic N) is 1. The summed E-state index contributed by atoms with van der Waals surface area (Å²) in [6.07, 6.45) is -2.18. The molecule has 17 heavy (non-hydrogen) atoms. The second-order valence-electron chi connectivity index (χ2n) is 3.95. The molecule has 0 amide bonds. The highest BCUT2D eigenvalue weighted by molar-refractivity contribution is 7.92. The summed E-state index contributed by atoms with van der Waals surface area (Å²) in [6.45, 7) is 1.53. The molecule has 0 bridgehead atoms. The second kappa shape index (κ2) is 4.39. The second-order valence-corrected chi connectivity index (χ2v) is 6.46. The quantitative estimate of drug-likeness (QED) is 0.483. The summed E-state index contributed by atoms with van der Waals surface area (Å²) in [5.41, 5.74) is 0. The Morgan fingerprint density at radius 1 is 1.35 bits per heavy atom. The molecule has 0 aromatic heterocycles. The van der Waals surface area contributed by atoms with Gasteiger partial charge in [-0.3, -0.25) is 0 Å². The van der Waals surface area contributed by atoms with Crippen molar-refractivity contribution in [1.29, 1.82) is 0 Å². The maximum Gasteiger partial charge on any atom is 0.294 e. The van der Waals surface area contributed by atoms with Crippen molar-refractivity contribution in [1.82, 2.24) is 0 Å². The summed E-state index contributed by atoms with van der Waals surface area (Å²) in [4.78, 5) is 14.6. The minimum Gasteiger partial charge on any atom is -0.372 e. The third kappa shape index (κ3) is 2.22. The molecule has 2 saturated heterocycles. The first-order valence-corrected chi connectivity index (χ1v) is 6.93. The molecule has 0 radical (unpaired) electrons. The Balaban J connectivity index is 2.09. The number of ether oxygens (including phenoxy) is 2. The summed E-state index contributed by atoms with van der Waals surface area (Å²) in [6, 6.07) is 0. The Morgan fingerprint density at radius 2 is 2.00 bits per heavy atom. The highest BCUT2D eigenvalue weighted by atomic mass is 32.2. The van der Waals surface area contributed by atoms with Gasteiger partial charge in [0, 0.05) is 5.75 Å². The summed E-state index contributed by atoms with van der Waals surface area (Å²) < 4.78 is 34.0. The first kappa shape index (κ1) is 12.5. The lowest BCUT2D eigenvalue weighted by Gasteiger charge is -2.15. The SMILES string of the molecule is CCS(=O)(=O)C1COC2C(O[N+](=O)[O-])COC21. The molecule has 0 aromatic carbocycles. The van der Waals surface area contributed by atoms with E-state index in [0.717, 1.165) is 0 Å². The highest BCUT2D eigenvalue weighted by Gasteiger charge is 2.53. The molecule has 9 heteroatoms. The molecule has 2 fully saturated rings. The number of hydrogen-bond acceptors (Lipinski definition) is 7. The van der Waals surface area contributed by atoms with Gasteiger partial charge < -0.3 is 14.3 Å². The van der Waals surface area contributed by atoms with E-state index in [-0.39, 0.29) is 19.0 Å². The Kier molecular flexibility index (Phi) is 3.23. The van der Waals surface area contributed by atoms with E-state index in [9.17, 15) is 18.5 Å². The molecule has 2 heterocycles. The topological polar surface area (TPSA) is 105 Å². The molecule has 4 atom stereocenters. The Hall–Kier alpha value is -0.930. The van der Waals surface area contributed by atoms with Gasteiger partial charge in [0.05, 0.1) is 13.2 Å². The molecule has 98 valence electrons. The van der Waals surface area contributed by atoms with E-state index in [4.69, 9.17) is 9.47 Å². The third-order valence-electron chi connectivity index (χ3n) is 3.05. The number of hydrogen-bond donors (Lipinski definition) is 0. The lowest BCUT2D eigenvalue weighted by molar-refractivity contribution is -0.769. The van der Waals surface area contributed by atoms with E-state index in [0.29, 0.717) is 0 Å². The van der Waals surface area contributed by atoms with E-state index in [2.05, 4.69) is 4.84 Å². The van der Waals surface area contributed by atoms with Crippen LogP contribution >= 0.6 is 0 Å². The van der Waals surface area contributed by atoms with Crippen LogP contribution in [0, 0.1) is 10.1 Å². The molecule has 2 aliphatic heterocycles. The van der Waals surface area contributed by atoms with Crippen LogP contribution in [0.15, 0.2) is 0 Å². The fourth-order valence-electron chi connectivity index (χ4n) is 2.15. The lowest BCUT2D eigenvalue weighted by Crippen LogP contribution is -2.38. The first-order chi connectivity index (χ1) is 7.95. The van der Waals surface area contributed by atoms with E-state index in [1.807, 2.05) is 0 Å².